The standard InChI is InChI=1S/C14H21NO3S/c1-4-14(5-2,13(17)18)8-12(16)15-9-11-7-6-10(3)19-11/h6-7H,4-5,8-9H2,1-3H3,(H,15,16)(H,17,18). The summed E-state index contributed by atoms with van der Waals surface area (Å²) < 4.78 is 0. The monoisotopic (exact) mass is 283 g/mol. The molecule has 0 aromatic carbocycles. The van der Waals surface area contributed by atoms with Crippen LogP contribution < -0.4 is 5.32 Å². The molecule has 1 amide bonds. The number of nitrogens with one attached hydrogen (secondary N) is 1. The van der Waals surface area contributed by atoms with E-state index in [4.69, 9.17) is 0 Å². The molecular weight excluding hydrogens is 262 g/mol. The summed E-state index contributed by atoms with van der Waals surface area (Å²) in [4.78, 5) is 25.5. The Kier molecular flexibility index (Phi) is 5.54. The number of aryl methyl sites for hydroxylation is 1. The van der Waals surface area contributed by atoms with Gasteiger partial charge in [-0.3, -0.25) is 9.59 Å². The smallest absolute Gasteiger partial charge is 0.310 e. The van der Waals surface area contributed by atoms with Gasteiger partial charge >= 0.3 is 5.97 Å². The number of hydrogen-bond acceptors (Lipinski definition) is 3. The summed E-state index contributed by atoms with van der Waals surface area (Å²) >= 11 is 1.63. The maximum absolute atomic E-state index is 11.9. The Morgan fingerprint density at radius 3 is 2.37 bits per heavy atom. The molecule has 0 saturated heterocycles. The number of thiophene rings is 1. The van der Waals surface area contributed by atoms with E-state index in [1.54, 1.807) is 11.3 Å². The first-order chi connectivity index (χ1) is 8.93. The van der Waals surface area contributed by atoms with Gasteiger partial charge in [-0.25, -0.2) is 0 Å². The molecule has 0 aliphatic heterocycles. The van der Waals surface area contributed by atoms with E-state index in [9.17, 15) is 14.7 Å². The molecule has 0 aliphatic carbocycles. The number of aliphatic carboxylic acids is 1. The van der Waals surface area contributed by atoms with E-state index in [-0.39, 0.29) is 12.3 Å². The van der Waals surface area contributed by atoms with Crippen molar-refractivity contribution < 1.29 is 14.7 Å². The van der Waals surface area contributed by atoms with E-state index in [1.165, 1.54) is 4.88 Å². The van der Waals surface area contributed by atoms with Gasteiger partial charge in [0.25, 0.3) is 0 Å². The summed E-state index contributed by atoms with van der Waals surface area (Å²) in [5.41, 5.74) is -0.935. The van der Waals surface area contributed by atoms with Crippen LogP contribution in [-0.2, 0) is 16.1 Å². The van der Waals surface area contributed by atoms with Gasteiger partial charge in [0.1, 0.15) is 0 Å². The fourth-order valence-electron chi connectivity index (χ4n) is 2.01. The summed E-state index contributed by atoms with van der Waals surface area (Å²) in [5.74, 6) is -1.09. The zero-order valence-electron chi connectivity index (χ0n) is 11.7. The predicted octanol–water partition coefficient (Wildman–Crippen LogP) is 2.95. The average molecular weight is 283 g/mol. The molecule has 106 valence electrons. The van der Waals surface area contributed by atoms with Crippen molar-refractivity contribution >= 4 is 23.2 Å². The Morgan fingerprint density at radius 2 is 1.95 bits per heavy atom. The van der Waals surface area contributed by atoms with Crippen molar-refractivity contribution in [3.05, 3.63) is 21.9 Å². The summed E-state index contributed by atoms with van der Waals surface area (Å²) in [7, 11) is 0. The van der Waals surface area contributed by atoms with E-state index in [1.807, 2.05) is 32.9 Å². The van der Waals surface area contributed by atoms with Crippen LogP contribution in [0.25, 0.3) is 0 Å². The van der Waals surface area contributed by atoms with Gasteiger partial charge in [0.05, 0.1) is 12.0 Å². The summed E-state index contributed by atoms with van der Waals surface area (Å²) in [6.07, 6.45) is 0.967. The Bertz CT molecular complexity index is 449. The van der Waals surface area contributed by atoms with Crippen LogP contribution in [0.15, 0.2) is 12.1 Å². The average Bonchev–Trinajstić information content (AvgIpc) is 2.79. The molecule has 1 aromatic rings. The van der Waals surface area contributed by atoms with Gasteiger partial charge in [-0.05, 0) is 31.9 Å². The minimum absolute atomic E-state index is 0.0414. The van der Waals surface area contributed by atoms with Gasteiger partial charge in [-0.1, -0.05) is 13.8 Å². The zero-order valence-corrected chi connectivity index (χ0v) is 12.5. The van der Waals surface area contributed by atoms with Crippen LogP contribution in [0.1, 0.15) is 42.9 Å². The second-order valence-electron chi connectivity index (χ2n) is 4.76. The first-order valence-corrected chi connectivity index (χ1v) is 7.30. The third-order valence-electron chi connectivity index (χ3n) is 3.56. The fraction of sp³-hybridized carbons (Fsp3) is 0.571. The van der Waals surface area contributed by atoms with E-state index >= 15 is 0 Å². The highest BCUT2D eigenvalue weighted by atomic mass is 32.1. The number of rotatable bonds is 7. The molecule has 0 atom stereocenters. The summed E-state index contributed by atoms with van der Waals surface area (Å²) in [6.45, 7) is 6.11. The largest absolute Gasteiger partial charge is 0.481 e. The molecule has 1 aromatic heterocycles. The molecule has 0 fully saturated rings. The Hall–Kier alpha value is -1.36. The minimum Gasteiger partial charge on any atom is -0.481 e. The minimum atomic E-state index is -0.935. The van der Waals surface area contributed by atoms with Crippen LogP contribution in [0.4, 0.5) is 0 Å². The van der Waals surface area contributed by atoms with Gasteiger partial charge in [0.15, 0.2) is 0 Å². The third kappa shape index (κ3) is 4.06. The normalized spacial score (nSPS) is 11.3. The van der Waals surface area contributed by atoms with E-state index in [0.29, 0.717) is 19.4 Å². The highest BCUT2D eigenvalue weighted by Gasteiger charge is 2.36. The molecule has 0 saturated carbocycles. The maximum Gasteiger partial charge on any atom is 0.310 e. The van der Waals surface area contributed by atoms with Crippen molar-refractivity contribution in [3.63, 3.8) is 0 Å². The van der Waals surface area contributed by atoms with Crippen LogP contribution in [0.2, 0.25) is 0 Å². The fourth-order valence-corrected chi connectivity index (χ4v) is 2.84. The zero-order chi connectivity index (χ0) is 14.5. The molecule has 1 heterocycles. The van der Waals surface area contributed by atoms with Crippen molar-refractivity contribution in [1.82, 2.24) is 5.32 Å². The molecule has 4 nitrogen and oxygen atoms in total. The van der Waals surface area contributed by atoms with E-state index in [2.05, 4.69) is 5.32 Å². The molecule has 0 aliphatic rings. The lowest BCUT2D eigenvalue weighted by Gasteiger charge is -2.25. The summed E-state index contributed by atoms with van der Waals surface area (Å²) in [6, 6.07) is 3.98. The van der Waals surface area contributed by atoms with Crippen LogP contribution in [0.5, 0.6) is 0 Å². The maximum atomic E-state index is 11.9. The predicted molar refractivity (Wildman–Crippen MR) is 76.2 cm³/mol. The van der Waals surface area contributed by atoms with Gasteiger partial charge in [-0.2, -0.15) is 0 Å². The molecule has 0 unspecified atom stereocenters. The Balaban J connectivity index is 2.56. The molecule has 0 radical (unpaired) electrons. The van der Waals surface area contributed by atoms with Crippen molar-refractivity contribution in [2.24, 2.45) is 5.41 Å². The Labute approximate surface area is 117 Å². The number of amides is 1. The second kappa shape index (κ2) is 6.70. The lowest BCUT2D eigenvalue weighted by molar-refractivity contribution is -0.152. The van der Waals surface area contributed by atoms with Crippen molar-refractivity contribution in [2.75, 3.05) is 0 Å². The van der Waals surface area contributed by atoms with Gasteiger partial charge in [0, 0.05) is 16.2 Å². The molecule has 0 spiro atoms. The molecule has 2 N–H and O–H groups in total. The molecule has 5 heteroatoms. The summed E-state index contributed by atoms with van der Waals surface area (Å²) in [5, 5.41) is 12.1. The first kappa shape index (κ1) is 15.7. The molecular formula is C14H21NO3S. The lowest BCUT2D eigenvalue weighted by Crippen LogP contribution is -2.36. The van der Waals surface area contributed by atoms with Crippen LogP contribution in [0.3, 0.4) is 0 Å². The SMILES string of the molecule is CCC(CC)(CC(=O)NCc1ccc(C)s1)C(=O)O. The van der Waals surface area contributed by atoms with Crippen LogP contribution in [-0.4, -0.2) is 17.0 Å². The second-order valence-corrected chi connectivity index (χ2v) is 6.13. The number of carboxylic acid groups (broad SMARTS) is 1. The van der Waals surface area contributed by atoms with Gasteiger partial charge < -0.3 is 10.4 Å². The van der Waals surface area contributed by atoms with Crippen LogP contribution >= 0.6 is 11.3 Å². The topological polar surface area (TPSA) is 66.4 Å². The van der Waals surface area contributed by atoms with Gasteiger partial charge in [0.2, 0.25) is 5.91 Å². The van der Waals surface area contributed by atoms with E-state index in [0.717, 1.165) is 4.88 Å². The molecule has 19 heavy (non-hydrogen) atoms. The van der Waals surface area contributed by atoms with E-state index < -0.39 is 11.4 Å². The van der Waals surface area contributed by atoms with Crippen molar-refractivity contribution in [3.8, 4) is 0 Å². The van der Waals surface area contributed by atoms with Crippen molar-refractivity contribution in [1.29, 1.82) is 0 Å². The van der Waals surface area contributed by atoms with Crippen LogP contribution in [0, 0.1) is 12.3 Å². The first-order valence-electron chi connectivity index (χ1n) is 6.49. The number of carbonyl (C=O) groups is 2. The quantitative estimate of drug-likeness (QED) is 0.808. The Morgan fingerprint density at radius 1 is 1.32 bits per heavy atom. The highest BCUT2D eigenvalue weighted by molar-refractivity contribution is 7.11. The van der Waals surface area contributed by atoms with Crippen molar-refractivity contribution in [2.45, 2.75) is 46.6 Å². The highest BCUT2D eigenvalue weighted by Crippen LogP contribution is 2.30. The number of carboxylic acids is 1. The third-order valence-corrected chi connectivity index (χ3v) is 4.56. The number of hydrogen-bond donors (Lipinski definition) is 2. The number of carbonyl (C=O) groups excluding carboxylic acids is 1. The van der Waals surface area contributed by atoms with Gasteiger partial charge in [-0.15, -0.1) is 11.3 Å². The molecule has 0 bridgehead atoms. The molecule has 1 rings (SSSR count). The lowest BCUT2D eigenvalue weighted by atomic mass is 9.79.